The van der Waals surface area contributed by atoms with Crippen molar-refractivity contribution in [3.8, 4) is 0 Å². The molecule has 3 heterocycles. The fourth-order valence-corrected chi connectivity index (χ4v) is 6.23. The van der Waals surface area contributed by atoms with E-state index in [9.17, 15) is 19.5 Å². The third-order valence-electron chi connectivity index (χ3n) is 7.57. The third kappa shape index (κ3) is 3.23. The van der Waals surface area contributed by atoms with Gasteiger partial charge in [-0.3, -0.25) is 14.4 Å². The number of rotatable bonds is 7. The number of nitrogens with zero attached hydrogens (tertiary/aromatic N) is 1. The molecule has 3 saturated heterocycles. The number of aliphatic hydroxyl groups excluding tert-OH is 1. The Labute approximate surface area is 177 Å². The predicted molar refractivity (Wildman–Crippen MR) is 107 cm³/mol. The van der Waals surface area contributed by atoms with E-state index in [1.54, 1.807) is 6.92 Å². The maximum Gasteiger partial charge on any atom is 0.312 e. The van der Waals surface area contributed by atoms with Crippen LogP contribution in [-0.2, 0) is 23.9 Å². The first kappa shape index (κ1) is 21.6. The van der Waals surface area contributed by atoms with Crippen LogP contribution in [0.1, 0.15) is 65.2 Å². The van der Waals surface area contributed by atoms with E-state index in [0.29, 0.717) is 19.3 Å². The summed E-state index contributed by atoms with van der Waals surface area (Å²) in [4.78, 5) is 41.4. The van der Waals surface area contributed by atoms with Crippen LogP contribution >= 0.6 is 0 Å². The Balaban J connectivity index is 1.68. The van der Waals surface area contributed by atoms with E-state index in [2.05, 4.69) is 5.32 Å². The van der Waals surface area contributed by atoms with Gasteiger partial charge in [0.15, 0.2) is 0 Å². The topological polar surface area (TPSA) is 105 Å². The first-order valence-electron chi connectivity index (χ1n) is 11.6. The van der Waals surface area contributed by atoms with E-state index in [1.165, 1.54) is 11.3 Å². The van der Waals surface area contributed by atoms with Crippen LogP contribution in [0.5, 0.6) is 0 Å². The molecule has 0 radical (unpaired) electrons. The second-order valence-electron chi connectivity index (χ2n) is 9.14. The molecule has 30 heavy (non-hydrogen) atoms. The number of esters is 1. The summed E-state index contributed by atoms with van der Waals surface area (Å²) in [5.41, 5.74) is -1.01. The number of aliphatic hydroxyl groups is 1. The average molecular weight is 423 g/mol. The largest absolute Gasteiger partial charge is 0.466 e. The predicted octanol–water partition coefficient (Wildman–Crippen LogP) is 1.14. The maximum atomic E-state index is 13.6. The van der Waals surface area contributed by atoms with Gasteiger partial charge in [0.25, 0.3) is 0 Å². The van der Waals surface area contributed by atoms with E-state index in [4.69, 9.17) is 9.47 Å². The number of carbonyl (C=O) groups excluding carboxylic acids is 3. The van der Waals surface area contributed by atoms with Crippen molar-refractivity contribution in [1.29, 1.82) is 0 Å². The summed E-state index contributed by atoms with van der Waals surface area (Å²) < 4.78 is 11.6. The van der Waals surface area contributed by atoms with E-state index < -0.39 is 35.5 Å². The molecule has 2 bridgehead atoms. The molecule has 0 aromatic carbocycles. The number of carbonyl (C=O) groups is 3. The van der Waals surface area contributed by atoms with Crippen LogP contribution in [0, 0.1) is 11.8 Å². The standard InChI is InChI=1S/C22H34N2O6/c1-3-14(12-25)24-18(19(26)23-13-8-6-5-7-9-13)22-11-10-15(30-22)16(17(22)20(24)27)21(28)29-4-2/h13-18,25H,3-12H2,1-2H3,(H,23,26)/t14-,15+,16-,17-,18+,22-/m0/s1. The fourth-order valence-electron chi connectivity index (χ4n) is 6.23. The van der Waals surface area contributed by atoms with Gasteiger partial charge >= 0.3 is 5.97 Å². The molecule has 1 saturated carbocycles. The molecule has 8 heteroatoms. The van der Waals surface area contributed by atoms with Gasteiger partial charge in [0.05, 0.1) is 37.2 Å². The van der Waals surface area contributed by atoms with Gasteiger partial charge in [-0.25, -0.2) is 0 Å². The monoisotopic (exact) mass is 422 g/mol. The number of nitrogens with one attached hydrogen (secondary N) is 1. The Morgan fingerprint density at radius 1 is 1.27 bits per heavy atom. The van der Waals surface area contributed by atoms with Gasteiger partial charge in [-0.2, -0.15) is 0 Å². The number of fused-ring (bicyclic) bond motifs is 1. The number of likely N-dealkylation sites (tertiary alicyclic amines) is 1. The SMILES string of the molecule is CCOC(=O)[C@@H]1[C@H]2C(=O)N([C@@H](CC)CO)[C@H](C(=O)NC3CCCCC3)[C@]23CC[C@H]1O3. The molecule has 8 nitrogen and oxygen atoms in total. The second kappa shape index (κ2) is 8.46. The molecule has 168 valence electrons. The summed E-state index contributed by atoms with van der Waals surface area (Å²) in [5.74, 6) is -2.31. The summed E-state index contributed by atoms with van der Waals surface area (Å²) in [6, 6.07) is -1.20. The van der Waals surface area contributed by atoms with Gasteiger partial charge in [-0.15, -0.1) is 0 Å². The van der Waals surface area contributed by atoms with E-state index in [-0.39, 0.29) is 37.2 Å². The second-order valence-corrected chi connectivity index (χ2v) is 9.14. The summed E-state index contributed by atoms with van der Waals surface area (Å²) in [5, 5.41) is 13.1. The fraction of sp³-hybridized carbons (Fsp3) is 0.864. The van der Waals surface area contributed by atoms with Crippen molar-refractivity contribution in [3.05, 3.63) is 0 Å². The Hall–Kier alpha value is -1.67. The molecule has 4 fully saturated rings. The zero-order valence-electron chi connectivity index (χ0n) is 18.0. The lowest BCUT2D eigenvalue weighted by molar-refractivity contribution is -0.155. The zero-order valence-corrected chi connectivity index (χ0v) is 18.0. The van der Waals surface area contributed by atoms with Crippen molar-refractivity contribution in [3.63, 3.8) is 0 Å². The van der Waals surface area contributed by atoms with Gasteiger partial charge < -0.3 is 24.8 Å². The van der Waals surface area contributed by atoms with Crippen molar-refractivity contribution in [2.24, 2.45) is 11.8 Å². The number of ether oxygens (including phenoxy) is 2. The molecule has 1 aliphatic carbocycles. The van der Waals surface area contributed by atoms with E-state index in [0.717, 1.165) is 25.7 Å². The first-order chi connectivity index (χ1) is 14.5. The minimum absolute atomic E-state index is 0.104. The Bertz CT molecular complexity index is 689. The van der Waals surface area contributed by atoms with Crippen LogP contribution in [0.25, 0.3) is 0 Å². The molecule has 4 aliphatic rings. The highest BCUT2D eigenvalue weighted by Gasteiger charge is 2.75. The lowest BCUT2D eigenvalue weighted by Crippen LogP contribution is -2.59. The maximum absolute atomic E-state index is 13.6. The Morgan fingerprint density at radius 3 is 2.63 bits per heavy atom. The van der Waals surface area contributed by atoms with Crippen LogP contribution in [0.4, 0.5) is 0 Å². The van der Waals surface area contributed by atoms with Crippen LogP contribution in [0.15, 0.2) is 0 Å². The molecule has 0 aromatic rings. The Morgan fingerprint density at radius 2 is 2.00 bits per heavy atom. The van der Waals surface area contributed by atoms with Gasteiger partial charge in [0.2, 0.25) is 11.8 Å². The van der Waals surface area contributed by atoms with Crippen molar-refractivity contribution in [2.45, 2.75) is 95.0 Å². The number of hydrogen-bond acceptors (Lipinski definition) is 6. The normalized spacial score (nSPS) is 36.6. The summed E-state index contributed by atoms with van der Waals surface area (Å²) in [6.45, 7) is 3.63. The molecule has 3 aliphatic heterocycles. The van der Waals surface area contributed by atoms with Gasteiger partial charge in [-0.1, -0.05) is 26.2 Å². The molecular formula is C22H34N2O6. The highest BCUT2D eigenvalue weighted by molar-refractivity contribution is 5.98. The minimum Gasteiger partial charge on any atom is -0.466 e. The van der Waals surface area contributed by atoms with Crippen molar-refractivity contribution >= 4 is 17.8 Å². The van der Waals surface area contributed by atoms with Gasteiger partial charge in [0.1, 0.15) is 11.6 Å². The molecule has 1 spiro atoms. The summed E-state index contributed by atoms with van der Waals surface area (Å²) in [6.07, 6.45) is 6.55. The molecular weight excluding hydrogens is 388 g/mol. The highest BCUT2D eigenvalue weighted by atomic mass is 16.6. The molecule has 2 amide bonds. The van der Waals surface area contributed by atoms with Crippen LogP contribution in [0.3, 0.4) is 0 Å². The molecule has 0 unspecified atom stereocenters. The lowest BCUT2D eigenvalue weighted by Gasteiger charge is -2.37. The third-order valence-corrected chi connectivity index (χ3v) is 7.57. The van der Waals surface area contributed by atoms with Gasteiger partial charge in [-0.05, 0) is 39.0 Å². The average Bonchev–Trinajstić information content (AvgIpc) is 3.38. The van der Waals surface area contributed by atoms with E-state index >= 15 is 0 Å². The molecule has 0 aromatic heterocycles. The van der Waals surface area contributed by atoms with Crippen LogP contribution in [-0.4, -0.2) is 70.8 Å². The summed E-state index contributed by atoms with van der Waals surface area (Å²) in [7, 11) is 0. The number of hydrogen-bond donors (Lipinski definition) is 2. The highest BCUT2D eigenvalue weighted by Crippen LogP contribution is 2.59. The zero-order chi connectivity index (χ0) is 21.5. The van der Waals surface area contributed by atoms with Crippen molar-refractivity contribution in [2.75, 3.05) is 13.2 Å². The molecule has 6 atom stereocenters. The first-order valence-corrected chi connectivity index (χ1v) is 11.6. The van der Waals surface area contributed by atoms with Crippen LogP contribution in [0.2, 0.25) is 0 Å². The molecule has 4 rings (SSSR count). The van der Waals surface area contributed by atoms with Crippen LogP contribution < -0.4 is 5.32 Å². The van der Waals surface area contributed by atoms with Crippen molar-refractivity contribution < 1.29 is 29.0 Å². The lowest BCUT2D eigenvalue weighted by atomic mass is 9.70. The quantitative estimate of drug-likeness (QED) is 0.596. The van der Waals surface area contributed by atoms with Gasteiger partial charge in [0, 0.05) is 6.04 Å². The summed E-state index contributed by atoms with van der Waals surface area (Å²) >= 11 is 0. The molecule has 2 N–H and O–H groups in total. The smallest absolute Gasteiger partial charge is 0.312 e. The van der Waals surface area contributed by atoms with E-state index in [1.807, 2.05) is 6.92 Å². The Kier molecular flexibility index (Phi) is 6.08. The van der Waals surface area contributed by atoms with Crippen molar-refractivity contribution in [1.82, 2.24) is 10.2 Å². The number of amides is 2. The minimum atomic E-state index is -1.01.